The van der Waals surface area contributed by atoms with Crippen LogP contribution in [0.5, 0.6) is 0 Å². The highest BCUT2D eigenvalue weighted by Gasteiger charge is 2.29. The number of fused-ring (bicyclic) bond motifs is 1. The number of aliphatic hydroxyl groups is 1. The quantitative estimate of drug-likeness (QED) is 0.513. The Bertz CT molecular complexity index is 1130. The van der Waals surface area contributed by atoms with Crippen LogP contribution >= 0.6 is 0 Å². The monoisotopic (exact) mass is 417 g/mol. The molecule has 2 aromatic carbocycles. The van der Waals surface area contributed by atoms with E-state index in [9.17, 15) is 27.9 Å². The van der Waals surface area contributed by atoms with Gasteiger partial charge in [0.15, 0.2) is 0 Å². The number of hydrogen-bond donors (Lipinski definition) is 4. The third-order valence-electron chi connectivity index (χ3n) is 5.13. The largest absolute Gasteiger partial charge is 0.383 e. The lowest BCUT2D eigenvalue weighted by Gasteiger charge is -2.15. The summed E-state index contributed by atoms with van der Waals surface area (Å²) in [6, 6.07) is 6.42. The molecule has 2 heterocycles. The van der Waals surface area contributed by atoms with Crippen LogP contribution in [0.4, 0.5) is 13.2 Å². The zero-order valence-electron chi connectivity index (χ0n) is 15.6. The Morgan fingerprint density at radius 2 is 1.90 bits per heavy atom. The number of aliphatic hydroxyl groups excluding tert-OH is 1. The molecular formula is C21H18F3N3O3. The number of rotatable bonds is 5. The molecule has 0 aliphatic carbocycles. The molecule has 0 bridgehead atoms. The van der Waals surface area contributed by atoms with Gasteiger partial charge in [-0.25, -0.2) is 13.2 Å². The standard InChI is InChI=1S/C21H18F3N3O3/c22-11-3-1-10(2-4-11)18-14(13-7-12(23)8-15(24)19(13)27-18)9-17(28)21(30)26-16-5-6-25-20(16)29/h1-4,7-8,16-17,27-28H,5-6,9H2,(H,25,29)(H,26,30). The van der Waals surface area contributed by atoms with Crippen molar-refractivity contribution in [2.45, 2.75) is 25.0 Å². The normalized spacial score (nSPS) is 17.2. The number of H-pyrrole nitrogens is 1. The van der Waals surface area contributed by atoms with Crippen LogP contribution in [0, 0.1) is 17.5 Å². The molecule has 4 N–H and O–H groups in total. The summed E-state index contributed by atoms with van der Waals surface area (Å²) in [4.78, 5) is 26.9. The number of carbonyl (C=O) groups is 2. The van der Waals surface area contributed by atoms with Crippen molar-refractivity contribution in [2.75, 3.05) is 6.54 Å². The van der Waals surface area contributed by atoms with Crippen LogP contribution in [0.15, 0.2) is 36.4 Å². The van der Waals surface area contributed by atoms with Crippen molar-refractivity contribution in [3.8, 4) is 11.3 Å². The number of amides is 2. The summed E-state index contributed by atoms with van der Waals surface area (Å²) in [5, 5.41) is 15.7. The molecule has 1 aliphatic heterocycles. The minimum Gasteiger partial charge on any atom is -0.383 e. The molecule has 30 heavy (non-hydrogen) atoms. The van der Waals surface area contributed by atoms with Gasteiger partial charge in [-0.05, 0) is 47.9 Å². The van der Waals surface area contributed by atoms with E-state index in [0.717, 1.165) is 12.1 Å². The number of aromatic nitrogens is 1. The van der Waals surface area contributed by atoms with Gasteiger partial charge in [0.1, 0.15) is 29.6 Å². The van der Waals surface area contributed by atoms with E-state index in [1.54, 1.807) is 0 Å². The number of carbonyl (C=O) groups excluding carboxylic acids is 2. The van der Waals surface area contributed by atoms with Crippen LogP contribution < -0.4 is 10.6 Å². The van der Waals surface area contributed by atoms with Crippen molar-refractivity contribution < 1.29 is 27.9 Å². The van der Waals surface area contributed by atoms with Gasteiger partial charge in [0.25, 0.3) is 0 Å². The highest BCUT2D eigenvalue weighted by molar-refractivity contribution is 5.93. The lowest BCUT2D eigenvalue weighted by molar-refractivity contribution is -0.132. The van der Waals surface area contributed by atoms with E-state index in [0.29, 0.717) is 29.8 Å². The smallest absolute Gasteiger partial charge is 0.249 e. The molecule has 9 heteroatoms. The second-order valence-electron chi connectivity index (χ2n) is 7.16. The zero-order valence-corrected chi connectivity index (χ0v) is 15.6. The lowest BCUT2D eigenvalue weighted by atomic mass is 9.99. The molecule has 0 radical (unpaired) electrons. The minimum absolute atomic E-state index is 0.00787. The summed E-state index contributed by atoms with van der Waals surface area (Å²) >= 11 is 0. The maximum absolute atomic E-state index is 14.3. The molecule has 6 nitrogen and oxygen atoms in total. The van der Waals surface area contributed by atoms with Crippen LogP contribution in [0.3, 0.4) is 0 Å². The third kappa shape index (κ3) is 3.76. The number of aromatic amines is 1. The molecule has 4 rings (SSSR count). The topological polar surface area (TPSA) is 94.2 Å². The van der Waals surface area contributed by atoms with Crippen LogP contribution in [-0.2, 0) is 16.0 Å². The van der Waals surface area contributed by atoms with Gasteiger partial charge in [-0.2, -0.15) is 0 Å². The summed E-state index contributed by atoms with van der Waals surface area (Å²) in [5.74, 6) is -3.22. The second kappa shape index (κ2) is 7.83. The predicted octanol–water partition coefficient (Wildman–Crippen LogP) is 2.16. The predicted molar refractivity (Wildman–Crippen MR) is 103 cm³/mol. The number of hydrogen-bond acceptors (Lipinski definition) is 3. The van der Waals surface area contributed by atoms with Crippen LogP contribution in [-0.4, -0.2) is 40.6 Å². The maximum atomic E-state index is 14.3. The SMILES string of the molecule is O=C(NC1CCNC1=O)C(O)Cc1c(-c2ccc(F)cc2)[nH]c2c(F)cc(F)cc12. The first-order chi connectivity index (χ1) is 14.3. The first-order valence-electron chi connectivity index (χ1n) is 9.35. The number of halogens is 3. The van der Waals surface area contributed by atoms with Crippen molar-refractivity contribution in [3.05, 3.63) is 59.4 Å². The fraction of sp³-hybridized carbons (Fsp3) is 0.238. The van der Waals surface area contributed by atoms with E-state index < -0.39 is 35.5 Å². The van der Waals surface area contributed by atoms with Crippen LogP contribution in [0.1, 0.15) is 12.0 Å². The molecule has 2 amide bonds. The summed E-state index contributed by atoms with van der Waals surface area (Å²) in [6.07, 6.45) is -1.43. The van der Waals surface area contributed by atoms with Gasteiger partial charge in [0.2, 0.25) is 11.8 Å². The van der Waals surface area contributed by atoms with Crippen molar-refractivity contribution in [1.29, 1.82) is 0 Å². The van der Waals surface area contributed by atoms with E-state index in [1.807, 2.05) is 0 Å². The van der Waals surface area contributed by atoms with Crippen LogP contribution in [0.25, 0.3) is 22.2 Å². The summed E-state index contributed by atoms with van der Waals surface area (Å²) in [6.45, 7) is 0.426. The summed E-state index contributed by atoms with van der Waals surface area (Å²) in [5.41, 5.74) is 1.12. The van der Waals surface area contributed by atoms with Crippen molar-refractivity contribution in [3.63, 3.8) is 0 Å². The highest BCUT2D eigenvalue weighted by atomic mass is 19.1. The molecule has 1 aromatic heterocycles. The summed E-state index contributed by atoms with van der Waals surface area (Å²) in [7, 11) is 0. The van der Waals surface area contributed by atoms with E-state index >= 15 is 0 Å². The lowest BCUT2D eigenvalue weighted by Crippen LogP contribution is -2.45. The molecule has 1 aliphatic rings. The van der Waals surface area contributed by atoms with Gasteiger partial charge in [-0.15, -0.1) is 0 Å². The molecule has 2 atom stereocenters. The molecule has 1 fully saturated rings. The van der Waals surface area contributed by atoms with E-state index in [1.165, 1.54) is 24.3 Å². The Balaban J connectivity index is 1.70. The fourth-order valence-corrected chi connectivity index (χ4v) is 3.63. The molecule has 156 valence electrons. The average molecular weight is 417 g/mol. The molecule has 1 saturated heterocycles. The van der Waals surface area contributed by atoms with Gasteiger partial charge in [-0.1, -0.05) is 0 Å². The maximum Gasteiger partial charge on any atom is 0.249 e. The molecular weight excluding hydrogens is 399 g/mol. The Labute approximate surface area is 169 Å². The first-order valence-corrected chi connectivity index (χ1v) is 9.35. The Morgan fingerprint density at radius 3 is 2.57 bits per heavy atom. The molecule has 0 saturated carbocycles. The van der Waals surface area contributed by atoms with Gasteiger partial charge < -0.3 is 20.7 Å². The summed E-state index contributed by atoms with van der Waals surface area (Å²) < 4.78 is 41.5. The van der Waals surface area contributed by atoms with E-state index in [2.05, 4.69) is 15.6 Å². The Hall–Kier alpha value is -3.33. The van der Waals surface area contributed by atoms with Crippen molar-refractivity contribution in [1.82, 2.24) is 15.6 Å². The van der Waals surface area contributed by atoms with Gasteiger partial charge >= 0.3 is 0 Å². The Kier molecular flexibility index (Phi) is 5.21. The average Bonchev–Trinajstić information content (AvgIpc) is 3.26. The fourth-order valence-electron chi connectivity index (χ4n) is 3.63. The number of nitrogens with one attached hydrogen (secondary N) is 3. The van der Waals surface area contributed by atoms with Crippen LogP contribution in [0.2, 0.25) is 0 Å². The van der Waals surface area contributed by atoms with Gasteiger partial charge in [0.05, 0.1) is 5.52 Å². The third-order valence-corrected chi connectivity index (χ3v) is 5.13. The first kappa shape index (κ1) is 20.0. The molecule has 3 aromatic rings. The molecule has 0 spiro atoms. The Morgan fingerprint density at radius 1 is 1.17 bits per heavy atom. The van der Waals surface area contributed by atoms with Crippen molar-refractivity contribution >= 4 is 22.7 Å². The van der Waals surface area contributed by atoms with E-state index in [-0.39, 0.29) is 23.2 Å². The second-order valence-corrected chi connectivity index (χ2v) is 7.16. The zero-order chi connectivity index (χ0) is 21.4. The van der Waals surface area contributed by atoms with E-state index in [4.69, 9.17) is 0 Å². The highest BCUT2D eigenvalue weighted by Crippen LogP contribution is 2.33. The molecule has 2 unspecified atom stereocenters. The van der Waals surface area contributed by atoms with Crippen molar-refractivity contribution in [2.24, 2.45) is 0 Å². The van der Waals surface area contributed by atoms with Gasteiger partial charge in [0, 0.05) is 30.1 Å². The van der Waals surface area contributed by atoms with Gasteiger partial charge in [-0.3, -0.25) is 9.59 Å². The minimum atomic E-state index is -1.57. The number of benzene rings is 2.